The van der Waals surface area contributed by atoms with Crippen LogP contribution < -0.4 is 16.8 Å². The molecule has 0 saturated heterocycles. The van der Waals surface area contributed by atoms with Crippen molar-refractivity contribution >= 4 is 41.7 Å². The number of nitrogens with zero attached hydrogens (tertiary/aromatic N) is 3. The highest BCUT2D eigenvalue weighted by Crippen LogP contribution is 2.41. The van der Waals surface area contributed by atoms with Crippen LogP contribution in [0.5, 0.6) is 0 Å². The standard InChI is InChI=1S/C42H58F2N6O6S/c1-28(52)50(20-17-35(45)40(54)47-18-11-6-7-12-19-48(5)38(53)23-32(26-51)57-27-36(46)41(55)56)39(42(2,3)4)37-21-30(33-22-31(43)15-16-34(33)44)25-49(37)24-29-13-9-8-10-14-29/h8-10,13-16,21-22,25-26,32,35-36,39H,6-7,11-12,17-20,23-24,27,45-46H2,1-5H3,(H,47,54)(H,55,56)/t32?,35?,36-,39?/m0/s1. The molecule has 0 bridgehead atoms. The third-order valence-electron chi connectivity index (χ3n) is 9.68. The van der Waals surface area contributed by atoms with Gasteiger partial charge < -0.3 is 41.1 Å². The van der Waals surface area contributed by atoms with Gasteiger partial charge in [-0.2, -0.15) is 0 Å². The Balaban J connectivity index is 1.57. The number of nitrogens with two attached hydrogens (primary N) is 2. The minimum atomic E-state index is -1.16. The molecule has 2 aromatic carbocycles. The van der Waals surface area contributed by atoms with E-state index >= 15 is 4.39 Å². The molecule has 1 aromatic heterocycles. The molecule has 3 rings (SSSR count). The van der Waals surface area contributed by atoms with Crippen molar-refractivity contribution in [3.63, 3.8) is 0 Å². The van der Waals surface area contributed by atoms with Crippen molar-refractivity contribution in [3.8, 4) is 11.1 Å². The van der Waals surface area contributed by atoms with Gasteiger partial charge in [-0.15, -0.1) is 11.8 Å². The molecule has 312 valence electrons. The molecule has 4 atom stereocenters. The van der Waals surface area contributed by atoms with Gasteiger partial charge in [-0.25, -0.2) is 8.78 Å². The molecule has 15 heteroatoms. The highest BCUT2D eigenvalue weighted by molar-refractivity contribution is 8.00. The van der Waals surface area contributed by atoms with Crippen molar-refractivity contribution in [2.45, 2.75) is 96.1 Å². The Labute approximate surface area is 338 Å². The van der Waals surface area contributed by atoms with E-state index in [1.165, 1.54) is 6.92 Å². The highest BCUT2D eigenvalue weighted by atomic mass is 32.2. The Morgan fingerprint density at radius 2 is 1.65 bits per heavy atom. The maximum absolute atomic E-state index is 15.0. The molecular formula is C42H58F2N6O6S. The number of halogens is 2. The number of carboxylic acid groups (broad SMARTS) is 1. The molecule has 3 unspecified atom stereocenters. The summed E-state index contributed by atoms with van der Waals surface area (Å²) in [4.78, 5) is 64.4. The number of carbonyl (C=O) groups excluding carboxylic acids is 4. The number of nitrogens with one attached hydrogen (secondary N) is 1. The zero-order valence-corrected chi connectivity index (χ0v) is 34.4. The fourth-order valence-corrected chi connectivity index (χ4v) is 7.49. The van der Waals surface area contributed by atoms with Crippen LogP contribution in [0.2, 0.25) is 0 Å². The Hall–Kier alpha value is -4.60. The van der Waals surface area contributed by atoms with Gasteiger partial charge in [-0.3, -0.25) is 19.2 Å². The zero-order valence-electron chi connectivity index (χ0n) is 33.6. The summed E-state index contributed by atoms with van der Waals surface area (Å²) in [5.41, 5.74) is 13.6. The lowest BCUT2D eigenvalue weighted by Crippen LogP contribution is -2.46. The van der Waals surface area contributed by atoms with E-state index in [9.17, 15) is 28.4 Å². The van der Waals surface area contributed by atoms with E-state index < -0.39 is 46.4 Å². The van der Waals surface area contributed by atoms with Crippen molar-refractivity contribution < 1.29 is 37.9 Å². The maximum atomic E-state index is 15.0. The molecule has 3 amide bonds. The number of rotatable bonds is 23. The van der Waals surface area contributed by atoms with Crippen LogP contribution in [0.4, 0.5) is 8.78 Å². The molecule has 1 heterocycles. The summed E-state index contributed by atoms with van der Waals surface area (Å²) in [5.74, 6) is -3.03. The number of aromatic nitrogens is 1. The monoisotopic (exact) mass is 812 g/mol. The lowest BCUT2D eigenvalue weighted by Gasteiger charge is -2.41. The topological polar surface area (TPSA) is 181 Å². The van der Waals surface area contributed by atoms with Gasteiger partial charge >= 0.3 is 5.97 Å². The zero-order chi connectivity index (χ0) is 42.3. The van der Waals surface area contributed by atoms with E-state index in [2.05, 4.69) is 5.32 Å². The average Bonchev–Trinajstić information content (AvgIpc) is 3.56. The van der Waals surface area contributed by atoms with E-state index in [1.54, 1.807) is 29.1 Å². The van der Waals surface area contributed by atoms with Crippen molar-refractivity contribution in [2.24, 2.45) is 16.9 Å². The van der Waals surface area contributed by atoms with E-state index in [1.807, 2.05) is 55.7 Å². The number of aliphatic carboxylic acids is 1. The van der Waals surface area contributed by atoms with Crippen LogP contribution in [-0.4, -0.2) is 99.2 Å². The average molecular weight is 813 g/mol. The Bertz CT molecular complexity index is 1800. The summed E-state index contributed by atoms with van der Waals surface area (Å²) in [7, 11) is 1.66. The molecular weight excluding hydrogens is 755 g/mol. The number of thioether (sulfide) groups is 1. The second kappa shape index (κ2) is 22.4. The predicted molar refractivity (Wildman–Crippen MR) is 219 cm³/mol. The molecule has 0 fully saturated rings. The van der Waals surface area contributed by atoms with Gasteiger partial charge in [-0.1, -0.05) is 63.9 Å². The van der Waals surface area contributed by atoms with Gasteiger partial charge in [-0.05, 0) is 54.5 Å². The minimum absolute atomic E-state index is 0.0295. The Kier molecular flexibility index (Phi) is 18.4. The molecule has 0 aliphatic rings. The van der Waals surface area contributed by atoms with E-state index in [0.717, 1.165) is 60.5 Å². The van der Waals surface area contributed by atoms with Crippen molar-refractivity contribution in [1.29, 1.82) is 0 Å². The molecule has 0 spiro atoms. The molecule has 0 aliphatic heterocycles. The van der Waals surface area contributed by atoms with Gasteiger partial charge in [0.15, 0.2) is 0 Å². The molecule has 57 heavy (non-hydrogen) atoms. The second-order valence-corrected chi connectivity index (χ2v) is 16.7. The minimum Gasteiger partial charge on any atom is -0.480 e. The quantitative estimate of drug-likeness (QED) is 0.0723. The van der Waals surface area contributed by atoms with Gasteiger partial charge in [0.05, 0.1) is 17.3 Å². The number of unbranched alkanes of at least 4 members (excludes halogenated alkanes) is 3. The largest absolute Gasteiger partial charge is 0.480 e. The lowest BCUT2D eigenvalue weighted by atomic mass is 9.82. The molecule has 0 radical (unpaired) electrons. The lowest BCUT2D eigenvalue weighted by molar-refractivity contribution is -0.138. The molecule has 6 N–H and O–H groups in total. The molecule has 0 aliphatic carbocycles. The summed E-state index contributed by atoms with van der Waals surface area (Å²) in [6, 6.07) is 12.3. The summed E-state index contributed by atoms with van der Waals surface area (Å²) < 4.78 is 31.3. The van der Waals surface area contributed by atoms with Gasteiger partial charge in [0.1, 0.15) is 24.0 Å². The number of amides is 3. The van der Waals surface area contributed by atoms with Crippen LogP contribution in [0.3, 0.4) is 0 Å². The predicted octanol–water partition coefficient (Wildman–Crippen LogP) is 5.37. The van der Waals surface area contributed by atoms with Crippen molar-refractivity contribution in [1.82, 2.24) is 19.7 Å². The molecule has 3 aromatic rings. The van der Waals surface area contributed by atoms with Crippen LogP contribution in [-0.2, 0) is 30.5 Å². The first-order valence-electron chi connectivity index (χ1n) is 19.2. The van der Waals surface area contributed by atoms with Crippen LogP contribution in [0.15, 0.2) is 60.8 Å². The van der Waals surface area contributed by atoms with Crippen molar-refractivity contribution in [2.75, 3.05) is 32.4 Å². The summed E-state index contributed by atoms with van der Waals surface area (Å²) in [6.07, 6.45) is 5.60. The normalized spacial score (nSPS) is 13.6. The van der Waals surface area contributed by atoms with Crippen LogP contribution >= 0.6 is 11.8 Å². The van der Waals surface area contributed by atoms with Crippen LogP contribution in [0.1, 0.15) is 83.5 Å². The van der Waals surface area contributed by atoms with Crippen LogP contribution in [0, 0.1) is 17.0 Å². The smallest absolute Gasteiger partial charge is 0.321 e. The van der Waals surface area contributed by atoms with E-state index in [0.29, 0.717) is 37.9 Å². The number of hydrogen-bond donors (Lipinski definition) is 4. The summed E-state index contributed by atoms with van der Waals surface area (Å²) in [5, 5.41) is 11.1. The van der Waals surface area contributed by atoms with Gasteiger partial charge in [0.2, 0.25) is 17.7 Å². The maximum Gasteiger partial charge on any atom is 0.321 e. The number of benzene rings is 2. The van der Waals surface area contributed by atoms with Gasteiger partial charge in [0, 0.05) is 75.3 Å². The highest BCUT2D eigenvalue weighted by Gasteiger charge is 2.36. The molecule has 12 nitrogen and oxygen atoms in total. The first kappa shape index (κ1) is 46.8. The van der Waals surface area contributed by atoms with E-state index in [4.69, 9.17) is 16.6 Å². The van der Waals surface area contributed by atoms with Gasteiger partial charge in [0.25, 0.3) is 0 Å². The third kappa shape index (κ3) is 14.7. The third-order valence-corrected chi connectivity index (χ3v) is 10.9. The SMILES string of the molecule is CC(=O)N(CCC(N)C(=O)NCCCCCCN(C)C(=O)CC(C=O)SC[C@H](N)C(=O)O)C(c1cc(-c2cc(F)ccc2F)cn1Cc1ccccc1)C(C)(C)C. The number of carbonyl (C=O) groups is 5. The number of aldehydes is 1. The second-order valence-electron chi connectivity index (χ2n) is 15.4. The number of carboxylic acids is 1. The first-order valence-corrected chi connectivity index (χ1v) is 20.3. The Morgan fingerprint density at radius 1 is 0.965 bits per heavy atom. The fraction of sp³-hybridized carbons (Fsp3) is 0.500. The van der Waals surface area contributed by atoms with E-state index in [-0.39, 0.29) is 48.4 Å². The Morgan fingerprint density at radius 3 is 2.28 bits per heavy atom. The summed E-state index contributed by atoms with van der Waals surface area (Å²) in [6.45, 7) is 8.99. The van der Waals surface area contributed by atoms with Crippen molar-refractivity contribution in [3.05, 3.63) is 83.7 Å². The number of hydrogen-bond acceptors (Lipinski definition) is 8. The van der Waals surface area contributed by atoms with Crippen LogP contribution in [0.25, 0.3) is 11.1 Å². The molecule has 0 saturated carbocycles. The fourth-order valence-electron chi connectivity index (χ4n) is 6.56. The first-order chi connectivity index (χ1) is 26.9. The summed E-state index contributed by atoms with van der Waals surface area (Å²) >= 11 is 1.05.